The molecule has 7 heteroatoms. The van der Waals surface area contributed by atoms with Gasteiger partial charge in [-0.15, -0.1) is 0 Å². The van der Waals surface area contributed by atoms with Gasteiger partial charge in [-0.3, -0.25) is 4.79 Å². The molecule has 0 saturated carbocycles. The average Bonchev–Trinajstić information content (AvgIpc) is 2.48. The van der Waals surface area contributed by atoms with Gasteiger partial charge in [-0.25, -0.2) is 4.79 Å². The van der Waals surface area contributed by atoms with Crippen LogP contribution in [0.5, 0.6) is 0 Å². The van der Waals surface area contributed by atoms with Crippen LogP contribution in [0.25, 0.3) is 0 Å². The maximum Gasteiger partial charge on any atom is 0.350 e. The van der Waals surface area contributed by atoms with E-state index in [0.29, 0.717) is 5.69 Å². The van der Waals surface area contributed by atoms with Crippen LogP contribution in [0.1, 0.15) is 10.4 Å². The first kappa shape index (κ1) is 15.5. The van der Waals surface area contributed by atoms with Crippen LogP contribution < -0.4 is 10.6 Å². The van der Waals surface area contributed by atoms with Crippen molar-refractivity contribution in [3.63, 3.8) is 0 Å². The van der Waals surface area contributed by atoms with Crippen molar-refractivity contribution in [2.75, 3.05) is 19.5 Å². The number of esters is 1. The maximum atomic E-state index is 11.6. The van der Waals surface area contributed by atoms with Gasteiger partial charge in [-0.05, 0) is 12.1 Å². The highest BCUT2D eigenvalue weighted by Gasteiger charge is 2.12. The van der Waals surface area contributed by atoms with Gasteiger partial charge >= 0.3 is 5.97 Å². The lowest BCUT2D eigenvalue weighted by atomic mass is 10.2. The molecule has 2 N–H and O–H groups in total. The lowest BCUT2D eigenvalue weighted by Crippen LogP contribution is -2.18. The Hall–Kier alpha value is -2.52. The number of nitriles is 1. The Morgan fingerprint density at radius 3 is 2.70 bits per heavy atom. The third-order valence-electron chi connectivity index (χ3n) is 2.37. The third kappa shape index (κ3) is 3.49. The largest absolute Gasteiger partial charge is 0.465 e. The molecule has 0 aromatic heterocycles. The normalized spacial score (nSPS) is 10.4. The number of rotatable bonds is 4. The SMILES string of the molecule is CNC(=O)c1cccc(NC=C(C#N)C(=O)OC)c1Cl. The Balaban J connectivity index is 3.05. The van der Waals surface area contributed by atoms with Crippen molar-refractivity contribution in [1.82, 2.24) is 5.32 Å². The van der Waals surface area contributed by atoms with Crippen molar-refractivity contribution < 1.29 is 14.3 Å². The summed E-state index contributed by atoms with van der Waals surface area (Å²) in [4.78, 5) is 22.8. The summed E-state index contributed by atoms with van der Waals surface area (Å²) in [5, 5.41) is 14.1. The molecule has 0 fully saturated rings. The van der Waals surface area contributed by atoms with Gasteiger partial charge in [0.15, 0.2) is 5.57 Å². The van der Waals surface area contributed by atoms with E-state index in [1.807, 2.05) is 0 Å². The first-order valence-electron chi connectivity index (χ1n) is 5.50. The molecule has 0 aliphatic rings. The Labute approximate surface area is 121 Å². The lowest BCUT2D eigenvalue weighted by Gasteiger charge is -2.08. The zero-order valence-electron chi connectivity index (χ0n) is 10.9. The Morgan fingerprint density at radius 1 is 1.45 bits per heavy atom. The predicted octanol–water partition coefficient (Wildman–Crippen LogP) is 1.69. The van der Waals surface area contributed by atoms with E-state index in [9.17, 15) is 9.59 Å². The lowest BCUT2D eigenvalue weighted by molar-refractivity contribution is -0.135. The molecule has 0 bridgehead atoms. The van der Waals surface area contributed by atoms with E-state index in [1.165, 1.54) is 20.4 Å². The minimum atomic E-state index is -0.765. The second-order valence-corrected chi connectivity index (χ2v) is 3.93. The van der Waals surface area contributed by atoms with Gasteiger partial charge in [0.1, 0.15) is 6.07 Å². The molecule has 0 unspecified atom stereocenters. The molecule has 0 heterocycles. The molecule has 0 aliphatic carbocycles. The highest BCUT2D eigenvalue weighted by molar-refractivity contribution is 6.36. The molecule has 6 nitrogen and oxygen atoms in total. The standard InChI is InChI=1S/C13H12ClN3O3/c1-16-12(18)9-4-3-5-10(11(9)14)17-7-8(6-15)13(19)20-2/h3-5,7,17H,1-2H3,(H,16,18). The van der Waals surface area contributed by atoms with Gasteiger partial charge < -0.3 is 15.4 Å². The average molecular weight is 294 g/mol. The summed E-state index contributed by atoms with van der Waals surface area (Å²) in [6, 6.07) is 6.48. The number of carbonyl (C=O) groups is 2. The van der Waals surface area contributed by atoms with Gasteiger partial charge in [0.05, 0.1) is 23.4 Å². The molecular formula is C13H12ClN3O3. The van der Waals surface area contributed by atoms with Crippen LogP contribution in [0.3, 0.4) is 0 Å². The summed E-state index contributed by atoms with van der Waals surface area (Å²) in [6.45, 7) is 0. The van der Waals surface area contributed by atoms with Crippen molar-refractivity contribution in [3.8, 4) is 6.07 Å². The van der Waals surface area contributed by atoms with Crippen LogP contribution in [-0.4, -0.2) is 26.0 Å². The summed E-state index contributed by atoms with van der Waals surface area (Å²) in [6.07, 6.45) is 1.17. The zero-order valence-corrected chi connectivity index (χ0v) is 11.6. The summed E-state index contributed by atoms with van der Waals surface area (Å²) >= 11 is 6.07. The van der Waals surface area contributed by atoms with Crippen LogP contribution in [-0.2, 0) is 9.53 Å². The van der Waals surface area contributed by atoms with Gasteiger partial charge in [0.2, 0.25) is 0 Å². The monoisotopic (exact) mass is 293 g/mol. The highest BCUT2D eigenvalue weighted by Crippen LogP contribution is 2.26. The summed E-state index contributed by atoms with van der Waals surface area (Å²) in [5.41, 5.74) is 0.461. The fourth-order valence-electron chi connectivity index (χ4n) is 1.35. The number of nitrogens with one attached hydrogen (secondary N) is 2. The number of ether oxygens (including phenoxy) is 1. The van der Waals surface area contributed by atoms with Crippen LogP contribution in [0.4, 0.5) is 5.69 Å². The Morgan fingerprint density at radius 2 is 2.15 bits per heavy atom. The molecule has 1 rings (SSSR count). The van der Waals surface area contributed by atoms with Gasteiger partial charge in [-0.1, -0.05) is 17.7 Å². The van der Waals surface area contributed by atoms with E-state index in [1.54, 1.807) is 24.3 Å². The van der Waals surface area contributed by atoms with Crippen LogP contribution in [0.2, 0.25) is 5.02 Å². The molecule has 0 aliphatic heterocycles. The van der Waals surface area contributed by atoms with E-state index >= 15 is 0 Å². The molecular weight excluding hydrogens is 282 g/mol. The molecule has 20 heavy (non-hydrogen) atoms. The van der Waals surface area contributed by atoms with Crippen molar-refractivity contribution in [3.05, 3.63) is 40.6 Å². The first-order valence-corrected chi connectivity index (χ1v) is 5.88. The number of carbonyl (C=O) groups excluding carboxylic acids is 2. The van der Waals surface area contributed by atoms with E-state index in [4.69, 9.17) is 16.9 Å². The topological polar surface area (TPSA) is 91.2 Å². The smallest absolute Gasteiger partial charge is 0.350 e. The minimum absolute atomic E-state index is 0.185. The maximum absolute atomic E-state index is 11.6. The number of halogens is 1. The van der Waals surface area contributed by atoms with Crippen LogP contribution in [0.15, 0.2) is 30.0 Å². The molecule has 1 aromatic rings. The minimum Gasteiger partial charge on any atom is -0.465 e. The van der Waals surface area contributed by atoms with Gasteiger partial charge in [0.25, 0.3) is 5.91 Å². The number of benzene rings is 1. The molecule has 104 valence electrons. The van der Waals surface area contributed by atoms with Gasteiger partial charge in [0, 0.05) is 13.2 Å². The molecule has 0 spiro atoms. The van der Waals surface area contributed by atoms with Crippen LogP contribution in [0, 0.1) is 11.3 Å². The summed E-state index contributed by atoms with van der Waals surface area (Å²) in [5.74, 6) is -1.10. The third-order valence-corrected chi connectivity index (χ3v) is 2.78. The first-order chi connectivity index (χ1) is 9.54. The quantitative estimate of drug-likeness (QED) is 0.501. The van der Waals surface area contributed by atoms with Crippen molar-refractivity contribution >= 4 is 29.2 Å². The number of methoxy groups -OCH3 is 1. The van der Waals surface area contributed by atoms with Crippen molar-refractivity contribution in [1.29, 1.82) is 5.26 Å². The Kier molecular flexibility index (Phi) is 5.56. The summed E-state index contributed by atoms with van der Waals surface area (Å²) in [7, 11) is 2.66. The number of hydrogen-bond acceptors (Lipinski definition) is 5. The molecule has 1 amide bonds. The van der Waals surface area contributed by atoms with E-state index < -0.39 is 5.97 Å². The fraction of sp³-hybridized carbons (Fsp3) is 0.154. The second kappa shape index (κ2) is 7.16. The van der Waals surface area contributed by atoms with Crippen LogP contribution >= 0.6 is 11.6 Å². The van der Waals surface area contributed by atoms with Crippen molar-refractivity contribution in [2.45, 2.75) is 0 Å². The number of amides is 1. The number of nitrogens with zero attached hydrogens (tertiary/aromatic N) is 1. The predicted molar refractivity (Wildman–Crippen MR) is 74.2 cm³/mol. The molecule has 0 saturated heterocycles. The fourth-order valence-corrected chi connectivity index (χ4v) is 1.62. The Bertz CT molecular complexity index is 605. The highest BCUT2D eigenvalue weighted by atomic mass is 35.5. The molecule has 1 aromatic carbocycles. The molecule has 0 radical (unpaired) electrons. The second-order valence-electron chi connectivity index (χ2n) is 3.55. The number of hydrogen-bond donors (Lipinski definition) is 2. The molecule has 0 atom stereocenters. The van der Waals surface area contributed by atoms with Gasteiger partial charge in [-0.2, -0.15) is 5.26 Å². The zero-order chi connectivity index (χ0) is 15.1. The van der Waals surface area contributed by atoms with E-state index in [-0.39, 0.29) is 22.1 Å². The van der Waals surface area contributed by atoms with E-state index in [0.717, 1.165) is 0 Å². The summed E-state index contributed by atoms with van der Waals surface area (Å²) < 4.78 is 4.43. The van der Waals surface area contributed by atoms with E-state index in [2.05, 4.69) is 15.4 Å². The van der Waals surface area contributed by atoms with Crippen molar-refractivity contribution in [2.24, 2.45) is 0 Å². The number of anilines is 1.